The maximum atomic E-state index is 12.1. The fraction of sp³-hybridized carbons (Fsp3) is 0.385. The fourth-order valence-corrected chi connectivity index (χ4v) is 3.22. The number of sulfonamides is 1. The van der Waals surface area contributed by atoms with Crippen molar-refractivity contribution in [2.24, 2.45) is 0 Å². The number of nitrogens with one attached hydrogen (secondary N) is 1. The second kappa shape index (κ2) is 5.95. The number of pyridine rings is 1. The molecular formula is C13H15N3O2S. The van der Waals surface area contributed by atoms with Crippen molar-refractivity contribution in [1.29, 1.82) is 5.26 Å². The van der Waals surface area contributed by atoms with Crippen LogP contribution in [0.25, 0.3) is 0 Å². The molecule has 0 saturated heterocycles. The van der Waals surface area contributed by atoms with E-state index in [2.05, 4.69) is 15.8 Å². The predicted octanol–water partition coefficient (Wildman–Crippen LogP) is 1.73. The summed E-state index contributed by atoms with van der Waals surface area (Å²) in [6.45, 7) is 0.355. The molecule has 2 rings (SSSR count). The highest BCUT2D eigenvalue weighted by molar-refractivity contribution is 7.89. The summed E-state index contributed by atoms with van der Waals surface area (Å²) in [5, 5.41) is 8.87. The van der Waals surface area contributed by atoms with Crippen LogP contribution in [0.3, 0.4) is 0 Å². The average Bonchev–Trinajstić information content (AvgIpc) is 2.91. The molecule has 0 aliphatic heterocycles. The van der Waals surface area contributed by atoms with Crippen LogP contribution in [-0.2, 0) is 10.0 Å². The van der Waals surface area contributed by atoms with Crippen molar-refractivity contribution >= 4 is 10.0 Å². The molecule has 1 aromatic heterocycles. The van der Waals surface area contributed by atoms with Crippen LogP contribution < -0.4 is 4.72 Å². The zero-order chi connectivity index (χ0) is 13.7. The largest absolute Gasteiger partial charge is 0.244 e. The van der Waals surface area contributed by atoms with Gasteiger partial charge in [-0.15, -0.1) is 0 Å². The van der Waals surface area contributed by atoms with Gasteiger partial charge in [0.25, 0.3) is 0 Å². The molecule has 6 heteroatoms. The zero-order valence-electron chi connectivity index (χ0n) is 10.5. The molecule has 0 fully saturated rings. The SMILES string of the molecule is N#Cc1ncccc1S(=O)(=O)NCCC1=CCCC1. The van der Waals surface area contributed by atoms with Gasteiger partial charge in [-0.25, -0.2) is 18.1 Å². The Morgan fingerprint density at radius 3 is 3.00 bits per heavy atom. The summed E-state index contributed by atoms with van der Waals surface area (Å²) in [6.07, 6.45) is 7.59. The molecule has 1 N–H and O–H groups in total. The van der Waals surface area contributed by atoms with Gasteiger partial charge in [0, 0.05) is 12.7 Å². The third-order valence-electron chi connectivity index (χ3n) is 3.04. The minimum atomic E-state index is -3.66. The first-order valence-electron chi connectivity index (χ1n) is 6.16. The first-order chi connectivity index (χ1) is 9.13. The molecule has 0 spiro atoms. The standard InChI is InChI=1S/C13H15N3O2S/c14-10-12-13(6-3-8-15-12)19(17,18)16-9-7-11-4-1-2-5-11/h3-4,6,8,16H,1-2,5,7,9H2. The van der Waals surface area contributed by atoms with Crippen LogP contribution in [0.5, 0.6) is 0 Å². The maximum absolute atomic E-state index is 12.1. The molecular weight excluding hydrogens is 262 g/mol. The van der Waals surface area contributed by atoms with E-state index in [0.717, 1.165) is 25.7 Å². The monoisotopic (exact) mass is 277 g/mol. The average molecular weight is 277 g/mol. The van der Waals surface area contributed by atoms with Crippen molar-refractivity contribution in [2.45, 2.75) is 30.6 Å². The van der Waals surface area contributed by atoms with Crippen LogP contribution in [0.1, 0.15) is 31.4 Å². The minimum absolute atomic E-state index is 0.0575. The summed E-state index contributed by atoms with van der Waals surface area (Å²) in [7, 11) is -3.66. The smallest absolute Gasteiger partial charge is 0.243 e. The van der Waals surface area contributed by atoms with Gasteiger partial charge in [-0.2, -0.15) is 5.26 Å². The fourth-order valence-electron chi connectivity index (χ4n) is 2.08. The third kappa shape index (κ3) is 3.40. The lowest BCUT2D eigenvalue weighted by molar-refractivity contribution is 0.580. The third-order valence-corrected chi connectivity index (χ3v) is 4.53. The van der Waals surface area contributed by atoms with E-state index in [1.165, 1.54) is 23.9 Å². The second-order valence-corrected chi connectivity index (χ2v) is 6.10. The number of hydrogen-bond acceptors (Lipinski definition) is 4. The Morgan fingerprint density at radius 2 is 2.32 bits per heavy atom. The normalized spacial score (nSPS) is 15.0. The molecule has 5 nitrogen and oxygen atoms in total. The van der Waals surface area contributed by atoms with Gasteiger partial charge in [-0.1, -0.05) is 11.6 Å². The van der Waals surface area contributed by atoms with E-state index in [0.29, 0.717) is 6.54 Å². The van der Waals surface area contributed by atoms with E-state index in [1.54, 1.807) is 6.07 Å². The highest BCUT2D eigenvalue weighted by Crippen LogP contribution is 2.20. The summed E-state index contributed by atoms with van der Waals surface area (Å²) < 4.78 is 26.6. The van der Waals surface area contributed by atoms with Crippen LogP contribution >= 0.6 is 0 Å². The molecule has 19 heavy (non-hydrogen) atoms. The van der Waals surface area contributed by atoms with Gasteiger partial charge in [0.2, 0.25) is 10.0 Å². The van der Waals surface area contributed by atoms with Crippen molar-refractivity contribution in [1.82, 2.24) is 9.71 Å². The van der Waals surface area contributed by atoms with Gasteiger partial charge in [0.05, 0.1) is 0 Å². The lowest BCUT2D eigenvalue weighted by Crippen LogP contribution is -2.26. The molecule has 100 valence electrons. The van der Waals surface area contributed by atoms with Crippen LogP contribution in [0.2, 0.25) is 0 Å². The van der Waals surface area contributed by atoms with E-state index in [4.69, 9.17) is 5.26 Å². The summed E-state index contributed by atoms with van der Waals surface area (Å²) in [4.78, 5) is 3.70. The molecule has 1 heterocycles. The quantitative estimate of drug-likeness (QED) is 0.831. The van der Waals surface area contributed by atoms with Crippen molar-refractivity contribution in [3.8, 4) is 6.07 Å². The maximum Gasteiger partial charge on any atom is 0.243 e. The summed E-state index contributed by atoms with van der Waals surface area (Å²) in [5.74, 6) is 0. The topological polar surface area (TPSA) is 82.8 Å². The summed E-state index contributed by atoms with van der Waals surface area (Å²) in [5.41, 5.74) is 1.23. The molecule has 1 aliphatic carbocycles. The van der Waals surface area contributed by atoms with Crippen LogP contribution in [0.15, 0.2) is 34.9 Å². The van der Waals surface area contributed by atoms with Gasteiger partial charge in [-0.05, 0) is 37.8 Å². The van der Waals surface area contributed by atoms with Gasteiger partial charge in [0.1, 0.15) is 11.0 Å². The molecule has 0 atom stereocenters. The predicted molar refractivity (Wildman–Crippen MR) is 70.7 cm³/mol. The van der Waals surface area contributed by atoms with Gasteiger partial charge in [0.15, 0.2) is 5.69 Å². The number of rotatable bonds is 5. The highest BCUT2D eigenvalue weighted by atomic mass is 32.2. The Kier molecular flexibility index (Phi) is 4.30. The number of nitriles is 1. The molecule has 0 unspecified atom stereocenters. The second-order valence-electron chi connectivity index (χ2n) is 4.36. The van der Waals surface area contributed by atoms with Gasteiger partial charge >= 0.3 is 0 Å². The Bertz CT molecular complexity index is 630. The first kappa shape index (κ1) is 13.7. The van der Waals surface area contributed by atoms with E-state index >= 15 is 0 Å². The van der Waals surface area contributed by atoms with Crippen LogP contribution in [0, 0.1) is 11.3 Å². The molecule has 1 aliphatic rings. The Hall–Kier alpha value is -1.71. The summed E-state index contributed by atoms with van der Waals surface area (Å²) in [6, 6.07) is 4.69. The number of nitrogens with zero attached hydrogens (tertiary/aromatic N) is 2. The van der Waals surface area contributed by atoms with Crippen molar-refractivity contribution in [3.63, 3.8) is 0 Å². The zero-order valence-corrected chi connectivity index (χ0v) is 11.3. The highest BCUT2D eigenvalue weighted by Gasteiger charge is 2.18. The van der Waals surface area contributed by atoms with Crippen LogP contribution in [0.4, 0.5) is 0 Å². The molecule has 0 amide bonds. The molecule has 1 aromatic rings. The van der Waals surface area contributed by atoms with Crippen molar-refractivity contribution in [3.05, 3.63) is 35.7 Å². The van der Waals surface area contributed by atoms with Gasteiger partial charge < -0.3 is 0 Å². The number of aromatic nitrogens is 1. The Morgan fingerprint density at radius 1 is 1.47 bits per heavy atom. The lowest BCUT2D eigenvalue weighted by atomic mass is 10.2. The lowest BCUT2D eigenvalue weighted by Gasteiger charge is -2.07. The van der Waals surface area contributed by atoms with Crippen molar-refractivity contribution < 1.29 is 8.42 Å². The molecule has 0 aromatic carbocycles. The van der Waals surface area contributed by atoms with Crippen LogP contribution in [-0.4, -0.2) is 19.9 Å². The Labute approximate surface area is 113 Å². The molecule has 0 bridgehead atoms. The first-order valence-corrected chi connectivity index (χ1v) is 7.64. The van der Waals surface area contributed by atoms with E-state index in [1.807, 2.05) is 0 Å². The minimum Gasteiger partial charge on any atom is -0.244 e. The van der Waals surface area contributed by atoms with Gasteiger partial charge in [-0.3, -0.25) is 0 Å². The molecule has 0 saturated carbocycles. The van der Waals surface area contributed by atoms with Crippen molar-refractivity contribution in [2.75, 3.05) is 6.54 Å². The summed E-state index contributed by atoms with van der Waals surface area (Å²) >= 11 is 0. The number of hydrogen-bond donors (Lipinski definition) is 1. The Balaban J connectivity index is 2.04. The number of allylic oxidation sites excluding steroid dienone is 1. The van der Waals surface area contributed by atoms with E-state index in [9.17, 15) is 8.42 Å². The molecule has 0 radical (unpaired) electrons. The van der Waals surface area contributed by atoms with E-state index < -0.39 is 10.0 Å². The van der Waals surface area contributed by atoms with E-state index in [-0.39, 0.29) is 10.6 Å².